The zero-order chi connectivity index (χ0) is 17.1. The number of piperazine rings is 1. The van der Waals surface area contributed by atoms with Gasteiger partial charge in [-0.15, -0.1) is 0 Å². The maximum atomic E-state index is 11.4. The van der Waals surface area contributed by atoms with Crippen LogP contribution in [-0.4, -0.2) is 48.4 Å². The number of nitrogens with one attached hydrogen (secondary N) is 1. The van der Waals surface area contributed by atoms with Crippen molar-refractivity contribution in [1.82, 2.24) is 15.2 Å². The first-order chi connectivity index (χ1) is 10.8. The Bertz CT molecular complexity index is 560. The molecule has 0 radical (unpaired) electrons. The van der Waals surface area contributed by atoms with Crippen molar-refractivity contribution in [3.05, 3.63) is 33.4 Å². The lowest BCUT2D eigenvalue weighted by Crippen LogP contribution is -2.50. The van der Waals surface area contributed by atoms with Crippen molar-refractivity contribution in [2.24, 2.45) is 5.84 Å². The van der Waals surface area contributed by atoms with Gasteiger partial charge in [0.15, 0.2) is 0 Å². The fourth-order valence-electron chi connectivity index (χ4n) is 3.39. The molecule has 1 aliphatic heterocycles. The molecule has 0 spiro atoms. The third-order valence-corrected chi connectivity index (χ3v) is 5.53. The van der Waals surface area contributed by atoms with Crippen LogP contribution >= 0.6 is 0 Å². The monoisotopic (exact) mass is 318 g/mol. The Hall–Kier alpha value is -1.43. The lowest BCUT2D eigenvalue weighted by molar-refractivity contribution is -0.122. The number of hydrazine groups is 1. The van der Waals surface area contributed by atoms with Gasteiger partial charge in [-0.25, -0.2) is 5.84 Å². The number of amides is 1. The Balaban J connectivity index is 2.04. The van der Waals surface area contributed by atoms with Gasteiger partial charge in [-0.2, -0.15) is 0 Å². The highest BCUT2D eigenvalue weighted by Gasteiger charge is 2.21. The van der Waals surface area contributed by atoms with Crippen LogP contribution in [-0.2, 0) is 11.3 Å². The van der Waals surface area contributed by atoms with E-state index in [0.717, 1.165) is 32.7 Å². The summed E-state index contributed by atoms with van der Waals surface area (Å²) in [4.78, 5) is 16.0. The smallest absolute Gasteiger partial charge is 0.248 e. The van der Waals surface area contributed by atoms with Crippen LogP contribution < -0.4 is 11.3 Å². The summed E-state index contributed by atoms with van der Waals surface area (Å²) in [6, 6.07) is 0. The van der Waals surface area contributed by atoms with Crippen molar-refractivity contribution in [3.63, 3.8) is 0 Å². The van der Waals surface area contributed by atoms with Crippen LogP contribution in [0.15, 0.2) is 0 Å². The lowest BCUT2D eigenvalue weighted by Gasteiger charge is -2.35. The maximum absolute atomic E-state index is 11.4. The molecule has 0 atom stereocenters. The average Bonchev–Trinajstić information content (AvgIpc) is 2.56. The van der Waals surface area contributed by atoms with E-state index in [1.54, 1.807) is 0 Å². The van der Waals surface area contributed by atoms with Gasteiger partial charge < -0.3 is 0 Å². The van der Waals surface area contributed by atoms with E-state index < -0.39 is 0 Å². The van der Waals surface area contributed by atoms with Crippen LogP contribution in [0.1, 0.15) is 33.4 Å². The van der Waals surface area contributed by atoms with Crippen LogP contribution in [0.3, 0.4) is 0 Å². The van der Waals surface area contributed by atoms with Crippen molar-refractivity contribution in [3.8, 4) is 0 Å². The number of carbonyl (C=O) groups is 1. The van der Waals surface area contributed by atoms with Crippen molar-refractivity contribution in [2.75, 3.05) is 32.7 Å². The van der Waals surface area contributed by atoms with Gasteiger partial charge in [0, 0.05) is 32.7 Å². The molecular formula is C18H30N4O. The van der Waals surface area contributed by atoms with E-state index in [1.165, 1.54) is 33.4 Å². The van der Waals surface area contributed by atoms with Gasteiger partial charge in [0.2, 0.25) is 5.91 Å². The minimum absolute atomic E-state index is 0.116. The normalized spacial score (nSPS) is 16.6. The molecule has 23 heavy (non-hydrogen) atoms. The molecule has 128 valence electrons. The molecule has 0 aromatic heterocycles. The summed E-state index contributed by atoms with van der Waals surface area (Å²) in [5, 5.41) is 0. The summed E-state index contributed by atoms with van der Waals surface area (Å²) in [5.41, 5.74) is 10.8. The minimum Gasteiger partial charge on any atom is -0.297 e. The largest absolute Gasteiger partial charge is 0.297 e. The van der Waals surface area contributed by atoms with Gasteiger partial charge in [-0.3, -0.25) is 20.0 Å². The van der Waals surface area contributed by atoms with E-state index in [-0.39, 0.29) is 5.91 Å². The third kappa shape index (κ3) is 3.91. The minimum atomic E-state index is -0.116. The van der Waals surface area contributed by atoms with E-state index in [0.29, 0.717) is 6.54 Å². The molecule has 0 aliphatic carbocycles. The molecule has 1 aliphatic rings. The number of rotatable bonds is 4. The number of carbonyl (C=O) groups excluding carboxylic acids is 1. The SMILES string of the molecule is Cc1c(C)c(C)c(CN2CCN(CC(=O)NN)CC2)c(C)c1C. The van der Waals surface area contributed by atoms with Gasteiger partial charge in [0.25, 0.3) is 0 Å². The molecule has 1 aromatic carbocycles. The summed E-state index contributed by atoms with van der Waals surface area (Å²) in [6.45, 7) is 16.3. The zero-order valence-electron chi connectivity index (χ0n) is 15.1. The molecule has 5 nitrogen and oxygen atoms in total. The molecular weight excluding hydrogens is 288 g/mol. The summed E-state index contributed by atoms with van der Waals surface area (Å²) < 4.78 is 0. The Kier molecular flexibility index (Phi) is 5.79. The highest BCUT2D eigenvalue weighted by Crippen LogP contribution is 2.27. The number of hydrogen-bond donors (Lipinski definition) is 2. The third-order valence-electron chi connectivity index (χ3n) is 5.53. The molecule has 1 amide bonds. The average molecular weight is 318 g/mol. The standard InChI is InChI=1S/C18H30N4O/c1-12-13(2)15(4)17(16(5)14(12)3)10-21-6-8-22(9-7-21)11-18(23)20-19/h6-11,19H2,1-5H3,(H,20,23). The van der Waals surface area contributed by atoms with E-state index in [2.05, 4.69) is 49.8 Å². The first kappa shape index (κ1) is 17.9. The second kappa shape index (κ2) is 7.43. The summed E-state index contributed by atoms with van der Waals surface area (Å²) >= 11 is 0. The molecule has 1 fully saturated rings. The van der Waals surface area contributed by atoms with Gasteiger partial charge >= 0.3 is 0 Å². The van der Waals surface area contributed by atoms with Crippen molar-refractivity contribution >= 4 is 5.91 Å². The number of nitrogens with zero attached hydrogens (tertiary/aromatic N) is 2. The van der Waals surface area contributed by atoms with Crippen LogP contribution in [0.5, 0.6) is 0 Å². The Morgan fingerprint density at radius 1 is 0.870 bits per heavy atom. The summed E-state index contributed by atoms with van der Waals surface area (Å²) in [5.74, 6) is 5.04. The van der Waals surface area contributed by atoms with E-state index >= 15 is 0 Å². The molecule has 3 N–H and O–H groups in total. The van der Waals surface area contributed by atoms with Gasteiger partial charge in [0.1, 0.15) is 0 Å². The predicted molar refractivity (Wildman–Crippen MR) is 94.2 cm³/mol. The van der Waals surface area contributed by atoms with Crippen molar-refractivity contribution in [1.29, 1.82) is 0 Å². The topological polar surface area (TPSA) is 61.6 Å². The van der Waals surface area contributed by atoms with E-state index in [9.17, 15) is 4.79 Å². The van der Waals surface area contributed by atoms with Gasteiger partial charge in [-0.05, 0) is 68.0 Å². The van der Waals surface area contributed by atoms with E-state index in [1.807, 2.05) is 0 Å². The molecule has 1 aromatic rings. The molecule has 5 heteroatoms. The predicted octanol–water partition coefficient (Wildman–Crippen LogP) is 1.34. The highest BCUT2D eigenvalue weighted by molar-refractivity contribution is 5.77. The van der Waals surface area contributed by atoms with Crippen molar-refractivity contribution in [2.45, 2.75) is 41.2 Å². The van der Waals surface area contributed by atoms with Crippen LogP contribution in [0.2, 0.25) is 0 Å². The molecule has 0 saturated carbocycles. The fraction of sp³-hybridized carbons (Fsp3) is 0.611. The maximum Gasteiger partial charge on any atom is 0.248 e. The lowest BCUT2D eigenvalue weighted by atomic mass is 9.89. The molecule has 1 heterocycles. The second-order valence-electron chi connectivity index (χ2n) is 6.72. The fourth-order valence-corrected chi connectivity index (χ4v) is 3.39. The van der Waals surface area contributed by atoms with Gasteiger partial charge in [-0.1, -0.05) is 0 Å². The Labute approximate surface area is 139 Å². The number of benzene rings is 1. The number of nitrogens with two attached hydrogens (primary N) is 1. The second-order valence-corrected chi connectivity index (χ2v) is 6.72. The summed E-state index contributed by atoms with van der Waals surface area (Å²) in [6.07, 6.45) is 0. The van der Waals surface area contributed by atoms with Crippen LogP contribution in [0.25, 0.3) is 0 Å². The quantitative estimate of drug-likeness (QED) is 0.500. The molecule has 0 unspecified atom stereocenters. The summed E-state index contributed by atoms with van der Waals surface area (Å²) in [7, 11) is 0. The van der Waals surface area contributed by atoms with Crippen LogP contribution in [0, 0.1) is 34.6 Å². The molecule has 2 rings (SSSR count). The first-order valence-electron chi connectivity index (χ1n) is 8.35. The number of hydrogen-bond acceptors (Lipinski definition) is 4. The van der Waals surface area contributed by atoms with E-state index in [4.69, 9.17) is 5.84 Å². The van der Waals surface area contributed by atoms with Crippen molar-refractivity contribution < 1.29 is 4.79 Å². The zero-order valence-corrected chi connectivity index (χ0v) is 15.1. The Morgan fingerprint density at radius 2 is 1.30 bits per heavy atom. The molecule has 1 saturated heterocycles. The van der Waals surface area contributed by atoms with Gasteiger partial charge in [0.05, 0.1) is 6.54 Å². The first-order valence-corrected chi connectivity index (χ1v) is 8.35. The highest BCUT2D eigenvalue weighted by atomic mass is 16.2. The van der Waals surface area contributed by atoms with Crippen LogP contribution in [0.4, 0.5) is 0 Å². The Morgan fingerprint density at radius 3 is 1.78 bits per heavy atom. The molecule has 0 bridgehead atoms.